The van der Waals surface area contributed by atoms with E-state index in [0.717, 1.165) is 30.2 Å². The number of hydrogen-bond acceptors (Lipinski definition) is 3. The Morgan fingerprint density at radius 1 is 1.22 bits per heavy atom. The summed E-state index contributed by atoms with van der Waals surface area (Å²) >= 11 is 0. The monoisotopic (exact) mass is 252 g/mol. The van der Waals surface area contributed by atoms with Crippen LogP contribution in [-0.2, 0) is 6.54 Å². The third-order valence-electron chi connectivity index (χ3n) is 2.90. The number of hydrogen-bond donors (Lipinski definition) is 2. The fourth-order valence-corrected chi connectivity index (χ4v) is 2.65. The molecule has 0 aromatic carbocycles. The number of nitrogens with zero attached hydrogens (tertiary/aromatic N) is 2. The van der Waals surface area contributed by atoms with Crippen LogP contribution in [-0.4, -0.2) is 15.3 Å². The second-order valence-corrected chi connectivity index (χ2v) is 6.91. The first-order chi connectivity index (χ1) is 8.06. The van der Waals surface area contributed by atoms with Crippen molar-refractivity contribution in [3.8, 4) is 0 Å². The van der Waals surface area contributed by atoms with Gasteiger partial charge in [0, 0.05) is 12.1 Å². The zero-order valence-electron chi connectivity index (χ0n) is 12.9. The van der Waals surface area contributed by atoms with Crippen LogP contribution in [0.1, 0.15) is 53.7 Å². The molecule has 0 radical (unpaired) electrons. The summed E-state index contributed by atoms with van der Waals surface area (Å²) in [4.78, 5) is 0. The summed E-state index contributed by atoms with van der Waals surface area (Å²) < 4.78 is 1.94. The van der Waals surface area contributed by atoms with Crippen molar-refractivity contribution >= 4 is 11.5 Å². The highest BCUT2D eigenvalue weighted by atomic mass is 15.3. The van der Waals surface area contributed by atoms with Crippen LogP contribution in [0.3, 0.4) is 0 Å². The molecule has 1 aromatic heterocycles. The number of anilines is 2. The van der Waals surface area contributed by atoms with Gasteiger partial charge in [0.25, 0.3) is 0 Å². The molecule has 0 aliphatic rings. The number of aryl methyl sites for hydroxylation is 2. The summed E-state index contributed by atoms with van der Waals surface area (Å²) in [6.45, 7) is 16.0. The molecule has 0 atom stereocenters. The molecular formula is C14H28N4. The lowest BCUT2D eigenvalue weighted by Gasteiger charge is -2.34. The van der Waals surface area contributed by atoms with E-state index in [9.17, 15) is 0 Å². The topological polar surface area (TPSA) is 55.9 Å². The van der Waals surface area contributed by atoms with Crippen molar-refractivity contribution in [1.82, 2.24) is 9.78 Å². The fourth-order valence-electron chi connectivity index (χ4n) is 2.65. The zero-order chi connectivity index (χ0) is 14.1. The van der Waals surface area contributed by atoms with Gasteiger partial charge in [-0.3, -0.25) is 0 Å². The third-order valence-corrected chi connectivity index (χ3v) is 2.90. The van der Waals surface area contributed by atoms with Crippen molar-refractivity contribution < 1.29 is 0 Å². The molecule has 0 aliphatic heterocycles. The van der Waals surface area contributed by atoms with Gasteiger partial charge in [-0.05, 0) is 39.5 Å². The quantitative estimate of drug-likeness (QED) is 0.863. The molecular weight excluding hydrogens is 224 g/mol. The summed E-state index contributed by atoms with van der Waals surface area (Å²) in [6, 6.07) is 0. The van der Waals surface area contributed by atoms with Crippen molar-refractivity contribution in [2.75, 3.05) is 11.1 Å². The molecule has 0 bridgehead atoms. The number of nitrogens with one attached hydrogen (secondary N) is 1. The van der Waals surface area contributed by atoms with Gasteiger partial charge in [-0.2, -0.15) is 5.10 Å². The second-order valence-electron chi connectivity index (χ2n) is 6.91. The first-order valence-electron chi connectivity index (χ1n) is 6.67. The van der Waals surface area contributed by atoms with Crippen LogP contribution >= 0.6 is 0 Å². The van der Waals surface area contributed by atoms with E-state index >= 15 is 0 Å². The average molecular weight is 252 g/mol. The highest BCUT2D eigenvalue weighted by molar-refractivity contribution is 5.65. The van der Waals surface area contributed by atoms with Crippen molar-refractivity contribution in [1.29, 1.82) is 0 Å². The van der Waals surface area contributed by atoms with Crippen molar-refractivity contribution in [3.63, 3.8) is 0 Å². The molecule has 0 aliphatic carbocycles. The molecule has 104 valence electrons. The van der Waals surface area contributed by atoms with Gasteiger partial charge >= 0.3 is 0 Å². The number of aromatic nitrogens is 2. The molecule has 4 heteroatoms. The van der Waals surface area contributed by atoms with E-state index in [4.69, 9.17) is 5.73 Å². The number of nitrogens with two attached hydrogens (primary N) is 1. The van der Waals surface area contributed by atoms with E-state index < -0.39 is 0 Å². The molecule has 4 nitrogen and oxygen atoms in total. The third kappa shape index (κ3) is 3.65. The average Bonchev–Trinajstić information content (AvgIpc) is 2.41. The van der Waals surface area contributed by atoms with Crippen LogP contribution in [0.25, 0.3) is 0 Å². The molecule has 0 spiro atoms. The molecule has 18 heavy (non-hydrogen) atoms. The van der Waals surface area contributed by atoms with Gasteiger partial charge in [-0.25, -0.2) is 4.68 Å². The lowest BCUT2D eigenvalue weighted by Crippen LogP contribution is -2.36. The maximum absolute atomic E-state index is 6.10. The SMILES string of the molecule is CCn1nc(C)c(N)c1NC(C)(C)CC(C)(C)C. The molecule has 0 unspecified atom stereocenters. The van der Waals surface area contributed by atoms with Crippen molar-refractivity contribution in [2.24, 2.45) is 5.41 Å². The first kappa shape index (κ1) is 14.9. The summed E-state index contributed by atoms with van der Waals surface area (Å²) in [5.74, 6) is 0.948. The van der Waals surface area contributed by atoms with Gasteiger partial charge in [0.1, 0.15) is 5.82 Å². The Morgan fingerprint density at radius 2 is 1.78 bits per heavy atom. The van der Waals surface area contributed by atoms with Gasteiger partial charge in [-0.1, -0.05) is 20.8 Å². The molecule has 0 fully saturated rings. The molecule has 1 aromatic rings. The van der Waals surface area contributed by atoms with E-state index in [1.54, 1.807) is 0 Å². The Hall–Kier alpha value is -1.19. The minimum Gasteiger partial charge on any atom is -0.394 e. The standard InChI is InChI=1S/C14H28N4/c1-8-18-12(11(15)10(2)17-18)16-14(6,7)9-13(3,4)5/h16H,8-9,15H2,1-7H3. The molecule has 0 saturated carbocycles. The van der Waals surface area contributed by atoms with Gasteiger partial charge in [0.2, 0.25) is 0 Å². The largest absolute Gasteiger partial charge is 0.394 e. The minimum atomic E-state index is -0.00817. The molecule has 0 amide bonds. The van der Waals surface area contributed by atoms with E-state index in [1.165, 1.54) is 0 Å². The van der Waals surface area contributed by atoms with Crippen molar-refractivity contribution in [2.45, 2.75) is 67.0 Å². The van der Waals surface area contributed by atoms with E-state index in [0.29, 0.717) is 0 Å². The lowest BCUT2D eigenvalue weighted by atomic mass is 9.82. The van der Waals surface area contributed by atoms with Gasteiger partial charge < -0.3 is 11.1 Å². The normalized spacial score (nSPS) is 12.8. The van der Waals surface area contributed by atoms with Crippen molar-refractivity contribution in [3.05, 3.63) is 5.69 Å². The van der Waals surface area contributed by atoms with Crippen LogP contribution < -0.4 is 11.1 Å². The predicted octanol–water partition coefficient (Wildman–Crippen LogP) is 3.42. The Bertz CT molecular complexity index is 410. The molecule has 1 rings (SSSR count). The highest BCUT2D eigenvalue weighted by Crippen LogP contribution is 2.32. The van der Waals surface area contributed by atoms with E-state index in [1.807, 2.05) is 11.6 Å². The molecule has 0 saturated heterocycles. The van der Waals surface area contributed by atoms with Crippen LogP contribution in [0.5, 0.6) is 0 Å². The summed E-state index contributed by atoms with van der Waals surface area (Å²) in [5, 5.41) is 8.00. The maximum Gasteiger partial charge on any atom is 0.148 e. The Morgan fingerprint density at radius 3 is 2.22 bits per heavy atom. The number of rotatable bonds is 4. The van der Waals surface area contributed by atoms with Crippen LogP contribution in [0.2, 0.25) is 0 Å². The van der Waals surface area contributed by atoms with Gasteiger partial charge in [0.05, 0.1) is 11.4 Å². The first-order valence-corrected chi connectivity index (χ1v) is 6.67. The van der Waals surface area contributed by atoms with Gasteiger partial charge in [-0.15, -0.1) is 0 Å². The molecule has 3 N–H and O–H groups in total. The Kier molecular flexibility index (Phi) is 3.99. The maximum atomic E-state index is 6.10. The Balaban J connectivity index is 2.96. The summed E-state index contributed by atoms with van der Waals surface area (Å²) in [5.41, 5.74) is 8.03. The van der Waals surface area contributed by atoms with Crippen LogP contribution in [0.15, 0.2) is 0 Å². The highest BCUT2D eigenvalue weighted by Gasteiger charge is 2.27. The van der Waals surface area contributed by atoms with E-state index in [-0.39, 0.29) is 11.0 Å². The zero-order valence-corrected chi connectivity index (χ0v) is 12.9. The van der Waals surface area contributed by atoms with E-state index in [2.05, 4.69) is 52.0 Å². The second kappa shape index (κ2) is 4.82. The summed E-state index contributed by atoms with van der Waals surface area (Å²) in [6.07, 6.45) is 1.06. The minimum absolute atomic E-state index is 0.00817. The predicted molar refractivity (Wildman–Crippen MR) is 78.8 cm³/mol. The smallest absolute Gasteiger partial charge is 0.148 e. The molecule has 1 heterocycles. The summed E-state index contributed by atoms with van der Waals surface area (Å²) in [7, 11) is 0. The van der Waals surface area contributed by atoms with Gasteiger partial charge in [0.15, 0.2) is 0 Å². The Labute approximate surface area is 111 Å². The fraction of sp³-hybridized carbons (Fsp3) is 0.786. The lowest BCUT2D eigenvalue weighted by molar-refractivity contribution is 0.301. The number of nitrogen functional groups attached to an aromatic ring is 1. The van der Waals surface area contributed by atoms with Crippen LogP contribution in [0, 0.1) is 12.3 Å². The van der Waals surface area contributed by atoms with Crippen LogP contribution in [0.4, 0.5) is 11.5 Å².